The van der Waals surface area contributed by atoms with Crippen molar-refractivity contribution in [2.75, 3.05) is 13.2 Å². The van der Waals surface area contributed by atoms with Gasteiger partial charge in [0.15, 0.2) is 0 Å². The number of hydrogen-bond donors (Lipinski definition) is 0. The van der Waals surface area contributed by atoms with E-state index in [0.717, 1.165) is 19.4 Å². The van der Waals surface area contributed by atoms with Crippen LogP contribution in [-0.4, -0.2) is 19.2 Å². The summed E-state index contributed by atoms with van der Waals surface area (Å²) >= 11 is 0. The molecule has 3 heteroatoms. The maximum atomic E-state index is 5.23. The van der Waals surface area contributed by atoms with Gasteiger partial charge in [0, 0.05) is 6.42 Å². The average molecular weight is 129 g/mol. The Bertz CT molecular complexity index is 83.4. The van der Waals surface area contributed by atoms with Gasteiger partial charge >= 0.3 is 0 Å². The Morgan fingerprint density at radius 2 is 2.33 bits per heavy atom. The minimum Gasteiger partial charge on any atom is -0.327 e. The molecule has 1 radical (unpaired) electrons. The number of hydrogen-bond acceptors (Lipinski definition) is 3. The van der Waals surface area contributed by atoms with Crippen molar-refractivity contribution < 1.29 is 14.2 Å². The molecule has 0 saturated carbocycles. The monoisotopic (exact) mass is 129 g/mol. The Balaban J connectivity index is 2.04. The van der Waals surface area contributed by atoms with E-state index in [1.807, 2.05) is 0 Å². The summed E-state index contributed by atoms with van der Waals surface area (Å²) < 4.78 is 15.6. The van der Waals surface area contributed by atoms with Gasteiger partial charge in [0.2, 0.25) is 0 Å². The van der Waals surface area contributed by atoms with E-state index in [-0.39, 0.29) is 0 Å². The molecule has 1 atom stereocenters. The molecule has 2 saturated heterocycles. The highest BCUT2D eigenvalue weighted by molar-refractivity contribution is 4.73. The lowest BCUT2D eigenvalue weighted by atomic mass is 10.3. The number of ether oxygens (including phenoxy) is 3. The first-order valence-electron chi connectivity index (χ1n) is 3.19. The summed E-state index contributed by atoms with van der Waals surface area (Å²) in [6.45, 7) is 2.96. The van der Waals surface area contributed by atoms with Crippen molar-refractivity contribution in [3.05, 3.63) is 6.61 Å². The lowest BCUT2D eigenvalue weighted by molar-refractivity contribution is -0.302. The van der Waals surface area contributed by atoms with Crippen molar-refractivity contribution in [3.63, 3.8) is 0 Å². The van der Waals surface area contributed by atoms with Crippen molar-refractivity contribution in [2.45, 2.75) is 18.8 Å². The van der Waals surface area contributed by atoms with Gasteiger partial charge in [-0.15, -0.1) is 0 Å². The standard InChI is InChI=1S/C6H9O3/c1-2-6(7-3-1)8-4-5-9-6/h4H,1-3,5H2. The molecule has 2 fully saturated rings. The molecule has 0 aromatic heterocycles. The fourth-order valence-electron chi connectivity index (χ4n) is 1.15. The summed E-state index contributed by atoms with van der Waals surface area (Å²) in [5.74, 6) is -0.667. The molecule has 2 rings (SSSR count). The van der Waals surface area contributed by atoms with E-state index in [9.17, 15) is 0 Å². The molecule has 0 amide bonds. The van der Waals surface area contributed by atoms with Crippen molar-refractivity contribution in [3.8, 4) is 0 Å². The van der Waals surface area contributed by atoms with Crippen molar-refractivity contribution in [2.24, 2.45) is 0 Å². The highest BCUT2D eigenvalue weighted by Gasteiger charge is 2.41. The second kappa shape index (κ2) is 1.94. The van der Waals surface area contributed by atoms with Crippen LogP contribution >= 0.6 is 0 Å². The van der Waals surface area contributed by atoms with Gasteiger partial charge in [0.1, 0.15) is 6.61 Å². The van der Waals surface area contributed by atoms with Crippen LogP contribution in [0.25, 0.3) is 0 Å². The Kier molecular flexibility index (Phi) is 1.22. The van der Waals surface area contributed by atoms with Crippen molar-refractivity contribution in [1.29, 1.82) is 0 Å². The van der Waals surface area contributed by atoms with E-state index in [1.165, 1.54) is 0 Å². The molecule has 0 bridgehead atoms. The largest absolute Gasteiger partial charge is 0.327 e. The molecular weight excluding hydrogens is 120 g/mol. The van der Waals surface area contributed by atoms with Crippen LogP contribution in [0.5, 0.6) is 0 Å². The van der Waals surface area contributed by atoms with E-state index in [2.05, 4.69) is 0 Å². The third-order valence-electron chi connectivity index (χ3n) is 1.58. The lowest BCUT2D eigenvalue weighted by Gasteiger charge is -2.18. The predicted octanol–water partition coefficient (Wildman–Crippen LogP) is 0.659. The molecule has 0 N–H and O–H groups in total. The number of rotatable bonds is 0. The maximum absolute atomic E-state index is 5.23. The Morgan fingerprint density at radius 1 is 1.33 bits per heavy atom. The fraction of sp³-hybridized carbons (Fsp3) is 0.833. The summed E-state index contributed by atoms with van der Waals surface area (Å²) in [5, 5.41) is 0. The van der Waals surface area contributed by atoms with Gasteiger partial charge in [-0.2, -0.15) is 0 Å². The topological polar surface area (TPSA) is 27.7 Å². The van der Waals surface area contributed by atoms with Crippen LogP contribution in [0.15, 0.2) is 0 Å². The van der Waals surface area contributed by atoms with Crippen LogP contribution in [0, 0.1) is 6.61 Å². The highest BCUT2D eigenvalue weighted by atomic mass is 16.9. The average Bonchev–Trinajstić information content (AvgIpc) is 2.45. The molecule has 3 nitrogen and oxygen atoms in total. The van der Waals surface area contributed by atoms with E-state index >= 15 is 0 Å². The maximum Gasteiger partial charge on any atom is 0.283 e. The molecule has 1 spiro atoms. The van der Waals surface area contributed by atoms with Gasteiger partial charge < -0.3 is 14.2 Å². The predicted molar refractivity (Wildman–Crippen MR) is 29.3 cm³/mol. The molecule has 2 heterocycles. The zero-order chi connectivity index (χ0) is 6.16. The molecule has 2 aliphatic heterocycles. The summed E-state index contributed by atoms with van der Waals surface area (Å²) in [4.78, 5) is 0. The molecule has 0 aliphatic carbocycles. The SMILES string of the molecule is [CH]1COC2(CCCO2)O1. The second-order valence-electron chi connectivity index (χ2n) is 2.23. The van der Waals surface area contributed by atoms with Crippen LogP contribution in [-0.2, 0) is 14.2 Å². The smallest absolute Gasteiger partial charge is 0.283 e. The lowest BCUT2D eigenvalue weighted by Crippen LogP contribution is -2.27. The van der Waals surface area contributed by atoms with E-state index in [0.29, 0.717) is 6.61 Å². The van der Waals surface area contributed by atoms with Gasteiger partial charge in [-0.3, -0.25) is 0 Å². The van der Waals surface area contributed by atoms with Gasteiger partial charge in [0.25, 0.3) is 5.97 Å². The van der Waals surface area contributed by atoms with E-state index in [4.69, 9.17) is 14.2 Å². The van der Waals surface area contributed by atoms with Crippen molar-refractivity contribution in [1.82, 2.24) is 0 Å². The molecule has 9 heavy (non-hydrogen) atoms. The minimum atomic E-state index is -0.667. The van der Waals surface area contributed by atoms with Crippen LogP contribution in [0.2, 0.25) is 0 Å². The van der Waals surface area contributed by atoms with Crippen LogP contribution in [0.4, 0.5) is 0 Å². The molecule has 0 aromatic carbocycles. The molecule has 2 aliphatic rings. The van der Waals surface area contributed by atoms with Gasteiger partial charge in [-0.05, 0) is 6.42 Å². The third kappa shape index (κ3) is 0.852. The van der Waals surface area contributed by atoms with E-state index < -0.39 is 5.97 Å². The quantitative estimate of drug-likeness (QED) is 0.481. The molecule has 0 aromatic rings. The second-order valence-corrected chi connectivity index (χ2v) is 2.23. The molecule has 51 valence electrons. The first-order valence-corrected chi connectivity index (χ1v) is 3.19. The normalized spacial score (nSPS) is 32.0. The van der Waals surface area contributed by atoms with Crippen LogP contribution in [0.1, 0.15) is 12.8 Å². The van der Waals surface area contributed by atoms with Gasteiger partial charge in [-0.1, -0.05) is 0 Å². The first-order chi connectivity index (χ1) is 4.41. The third-order valence-corrected chi connectivity index (χ3v) is 1.58. The first kappa shape index (κ1) is 5.65. The van der Waals surface area contributed by atoms with Gasteiger partial charge in [-0.25, -0.2) is 0 Å². The summed E-state index contributed by atoms with van der Waals surface area (Å²) in [5.41, 5.74) is 0. The van der Waals surface area contributed by atoms with Gasteiger partial charge in [0.05, 0.1) is 13.2 Å². The molecule has 1 unspecified atom stereocenters. The summed E-state index contributed by atoms with van der Waals surface area (Å²) in [6, 6.07) is 0. The highest BCUT2D eigenvalue weighted by Crippen LogP contribution is 2.32. The Morgan fingerprint density at radius 3 is 2.89 bits per heavy atom. The zero-order valence-electron chi connectivity index (χ0n) is 5.13. The van der Waals surface area contributed by atoms with Crippen LogP contribution in [0.3, 0.4) is 0 Å². The summed E-state index contributed by atoms with van der Waals surface area (Å²) in [7, 11) is 0. The summed E-state index contributed by atoms with van der Waals surface area (Å²) in [6.07, 6.45) is 1.90. The minimum absolute atomic E-state index is 0.556. The Hall–Kier alpha value is -0.120. The zero-order valence-corrected chi connectivity index (χ0v) is 5.13. The van der Waals surface area contributed by atoms with Crippen LogP contribution < -0.4 is 0 Å². The van der Waals surface area contributed by atoms with E-state index in [1.54, 1.807) is 6.61 Å². The molecular formula is C6H9O3. The van der Waals surface area contributed by atoms with Crippen molar-refractivity contribution >= 4 is 0 Å². The Labute approximate surface area is 53.9 Å². The fourth-order valence-corrected chi connectivity index (χ4v) is 1.15.